The maximum absolute atomic E-state index is 12.6. The summed E-state index contributed by atoms with van der Waals surface area (Å²) in [5.41, 5.74) is 4.60. The third kappa shape index (κ3) is 15.1. The van der Waals surface area contributed by atoms with Crippen molar-refractivity contribution in [1.29, 1.82) is 0 Å². The quantitative estimate of drug-likeness (QED) is 0.0873. The Kier molecular flexibility index (Phi) is 22.2. The number of hydrogen-bond donors (Lipinski definition) is 1. The summed E-state index contributed by atoms with van der Waals surface area (Å²) in [6.07, 6.45) is 16.6. The molecule has 338 valence electrons. The van der Waals surface area contributed by atoms with Gasteiger partial charge in [-0.1, -0.05) is 121 Å². The number of Topliss-reactive ketones (excluding diaryl/α,β-unsaturated/α-hetero) is 1. The van der Waals surface area contributed by atoms with Gasteiger partial charge in [-0.25, -0.2) is 0 Å². The van der Waals surface area contributed by atoms with E-state index in [1.54, 1.807) is 0 Å². The molecule has 3 aliphatic heterocycles. The van der Waals surface area contributed by atoms with Gasteiger partial charge in [0.15, 0.2) is 5.78 Å². The number of carbonyl (C=O) groups excluding carboxylic acids is 1. The summed E-state index contributed by atoms with van der Waals surface area (Å²) in [5, 5.41) is 12.7. The molecule has 0 amide bonds. The SMILES string of the molecule is C1CCOC1.CC(O)(C[C@H]1CCCN(CC2(c3ccc(Cl)cc3)CCC2)C1)c1ccccc1.O=C(C[C@H]1CCCN(CC2(c3ccc(Cl)cc3)CCC2)C1)c1ccccc1.[Br-].[CH3-].[Mg+2]. The van der Waals surface area contributed by atoms with Gasteiger partial charge in [0.1, 0.15) is 0 Å². The predicted molar refractivity (Wildman–Crippen MR) is 261 cm³/mol. The number of aliphatic hydroxyl groups is 1. The first kappa shape index (κ1) is 53.8. The van der Waals surface area contributed by atoms with Crippen LogP contribution in [0.4, 0.5) is 0 Å². The number of likely N-dealkylation sites (tertiary alicyclic amines) is 2. The smallest absolute Gasteiger partial charge is 1.00 e. The van der Waals surface area contributed by atoms with Crippen LogP contribution in [0.1, 0.15) is 124 Å². The summed E-state index contributed by atoms with van der Waals surface area (Å²) in [7, 11) is 0. The van der Waals surface area contributed by atoms with E-state index in [-0.39, 0.29) is 52.9 Å². The number of piperidine rings is 2. The van der Waals surface area contributed by atoms with Crippen LogP contribution >= 0.6 is 23.2 Å². The number of rotatable bonds is 12. The topological polar surface area (TPSA) is 53.0 Å². The molecule has 0 bridgehead atoms. The van der Waals surface area contributed by atoms with Crippen LogP contribution in [0.15, 0.2) is 109 Å². The van der Waals surface area contributed by atoms with Crippen LogP contribution in [0.25, 0.3) is 0 Å². The molecule has 5 nitrogen and oxygen atoms in total. The van der Waals surface area contributed by atoms with E-state index in [4.69, 9.17) is 27.9 Å². The summed E-state index contributed by atoms with van der Waals surface area (Å²) in [5.74, 6) is 1.32. The fourth-order valence-electron chi connectivity index (χ4n) is 10.7. The number of benzene rings is 4. The van der Waals surface area contributed by atoms with Crippen molar-refractivity contribution < 1.29 is 31.6 Å². The number of nitrogens with zero attached hydrogens (tertiary/aromatic N) is 2. The van der Waals surface area contributed by atoms with Gasteiger partial charge in [-0.3, -0.25) is 4.79 Å². The first-order valence-corrected chi connectivity index (χ1v) is 23.8. The molecule has 2 saturated carbocycles. The van der Waals surface area contributed by atoms with Gasteiger partial charge in [0.05, 0.1) is 5.60 Å². The average molecular weight is 971 g/mol. The number of ether oxygens (including phenoxy) is 1. The molecule has 0 aromatic heterocycles. The third-order valence-electron chi connectivity index (χ3n) is 14.3. The summed E-state index contributed by atoms with van der Waals surface area (Å²) < 4.78 is 4.94. The minimum absolute atomic E-state index is 0. The molecule has 0 radical (unpaired) electrons. The van der Waals surface area contributed by atoms with Crippen LogP contribution in [-0.4, -0.2) is 96.2 Å². The zero-order chi connectivity index (χ0) is 41.8. The molecule has 3 heterocycles. The zero-order valence-corrected chi connectivity index (χ0v) is 42.6. The van der Waals surface area contributed by atoms with Crippen molar-refractivity contribution in [3.05, 3.63) is 149 Å². The molecule has 1 N–H and O–H groups in total. The fourth-order valence-corrected chi connectivity index (χ4v) is 10.9. The first-order valence-electron chi connectivity index (χ1n) is 23.0. The largest absolute Gasteiger partial charge is 2.00 e. The van der Waals surface area contributed by atoms with Crippen LogP contribution in [0.2, 0.25) is 10.0 Å². The molecule has 0 spiro atoms. The van der Waals surface area contributed by atoms with Crippen molar-refractivity contribution in [2.75, 3.05) is 52.5 Å². The molecule has 3 atom stereocenters. The molecule has 9 heteroatoms. The maximum atomic E-state index is 12.6. The van der Waals surface area contributed by atoms with Gasteiger partial charge in [-0.2, -0.15) is 0 Å². The molecule has 4 aromatic carbocycles. The molecule has 63 heavy (non-hydrogen) atoms. The predicted octanol–water partition coefficient (Wildman–Crippen LogP) is 9.39. The van der Waals surface area contributed by atoms with E-state index in [1.165, 1.54) is 94.7 Å². The molecular weight excluding hydrogens is 900 g/mol. The molecule has 9 rings (SSSR count). The van der Waals surface area contributed by atoms with Gasteiger partial charge < -0.3 is 44.1 Å². The Morgan fingerprint density at radius 3 is 1.54 bits per heavy atom. The fraction of sp³-hybridized carbons (Fsp3) is 0.519. The number of ketones is 1. The van der Waals surface area contributed by atoms with Gasteiger partial charge >= 0.3 is 23.1 Å². The number of hydrogen-bond acceptors (Lipinski definition) is 5. The summed E-state index contributed by atoms with van der Waals surface area (Å²) >= 11 is 12.2. The Hall–Kier alpha value is -1.78. The minimum Gasteiger partial charge on any atom is -1.00 e. The maximum Gasteiger partial charge on any atom is 2.00 e. The monoisotopic (exact) mass is 968 g/mol. The van der Waals surface area contributed by atoms with Crippen molar-refractivity contribution in [3.63, 3.8) is 0 Å². The second kappa shape index (κ2) is 25.9. The van der Waals surface area contributed by atoms with E-state index in [1.807, 2.05) is 91.9 Å². The first-order chi connectivity index (χ1) is 29.1. The van der Waals surface area contributed by atoms with Crippen LogP contribution < -0.4 is 17.0 Å². The van der Waals surface area contributed by atoms with Crippen molar-refractivity contribution in [1.82, 2.24) is 9.80 Å². The normalized spacial score (nSPS) is 22.2. The van der Waals surface area contributed by atoms with Crippen LogP contribution in [0.5, 0.6) is 0 Å². The van der Waals surface area contributed by atoms with E-state index in [9.17, 15) is 9.90 Å². The van der Waals surface area contributed by atoms with E-state index in [0.29, 0.717) is 29.5 Å². The van der Waals surface area contributed by atoms with Gasteiger partial charge in [-0.15, -0.1) is 0 Å². The van der Waals surface area contributed by atoms with E-state index >= 15 is 0 Å². The molecule has 2 aliphatic carbocycles. The molecule has 5 aliphatic rings. The number of carbonyl (C=O) groups is 1. The molecule has 4 aromatic rings. The molecular formula is C54H71BrCl2MgN2O3. The van der Waals surface area contributed by atoms with Crippen molar-refractivity contribution in [2.45, 2.75) is 113 Å². The van der Waals surface area contributed by atoms with Crippen LogP contribution in [0.3, 0.4) is 0 Å². The van der Waals surface area contributed by atoms with Gasteiger partial charge in [0, 0.05) is 72.3 Å². The Balaban J connectivity index is 0.000000238. The number of halogens is 3. The average Bonchev–Trinajstić information content (AvgIpc) is 3.84. The van der Waals surface area contributed by atoms with E-state index in [2.05, 4.69) is 34.1 Å². The molecule has 5 fully saturated rings. The summed E-state index contributed by atoms with van der Waals surface area (Å²) in [6, 6.07) is 36.9. The Labute approximate surface area is 417 Å². The summed E-state index contributed by atoms with van der Waals surface area (Å²) in [6.45, 7) is 10.7. The second-order valence-corrected chi connectivity index (χ2v) is 19.8. The van der Waals surface area contributed by atoms with Crippen LogP contribution in [-0.2, 0) is 21.2 Å². The third-order valence-corrected chi connectivity index (χ3v) is 14.8. The van der Waals surface area contributed by atoms with Gasteiger partial charge in [0.25, 0.3) is 0 Å². The van der Waals surface area contributed by atoms with Gasteiger partial charge in [0.2, 0.25) is 0 Å². The van der Waals surface area contributed by atoms with E-state index < -0.39 is 5.60 Å². The van der Waals surface area contributed by atoms with Crippen molar-refractivity contribution in [3.8, 4) is 0 Å². The standard InChI is InChI=1S/C25H32ClNO.C24H28ClNO.C4H8O.CH3.BrH.Mg/c1-24(28,21-8-3-2-4-9-21)17-20-7-5-16-27(18-20)19-25(14-6-15-25)22-10-12-23(26)13-11-22;25-22-11-9-21(10-12-22)24(13-5-14-24)18-26-15-4-6-19(17-26)16-23(27)20-7-2-1-3-8-20;1-2-4-5-3-1;;;/h2-4,8-13,20,28H,5-7,14-19H2,1H3;1-3,7-12,19H,4-6,13-18H2;1-4H2;1H3;1H;/q;;;-1;;+2/p-1/t20-,24?;19-;;;;/m11..../s1. The van der Waals surface area contributed by atoms with Gasteiger partial charge in [-0.05, 0) is 143 Å². The Bertz CT molecular complexity index is 1900. The second-order valence-electron chi connectivity index (χ2n) is 18.9. The Morgan fingerprint density at radius 1 is 0.667 bits per heavy atom. The zero-order valence-electron chi connectivity index (χ0n) is 38.1. The summed E-state index contributed by atoms with van der Waals surface area (Å²) in [4.78, 5) is 17.9. The van der Waals surface area contributed by atoms with Crippen LogP contribution in [0, 0.1) is 19.3 Å². The molecule has 3 saturated heterocycles. The molecule has 1 unspecified atom stereocenters. The van der Waals surface area contributed by atoms with E-state index in [0.717, 1.165) is 73.5 Å². The minimum atomic E-state index is -0.751. The Morgan fingerprint density at radius 2 is 1.11 bits per heavy atom. The van der Waals surface area contributed by atoms with Crippen molar-refractivity contribution >= 4 is 52.0 Å². The van der Waals surface area contributed by atoms with Crippen molar-refractivity contribution in [2.24, 2.45) is 11.8 Å².